The van der Waals surface area contributed by atoms with Crippen LogP contribution in [0.5, 0.6) is 0 Å². The van der Waals surface area contributed by atoms with E-state index in [0.29, 0.717) is 12.2 Å². The molecule has 0 spiro atoms. The molecule has 0 aliphatic carbocycles. The first-order valence-corrected chi connectivity index (χ1v) is 11.1. The van der Waals surface area contributed by atoms with Crippen LogP contribution in [0.1, 0.15) is 67.0 Å². The number of ether oxygens (including phenoxy) is 2. The molecule has 3 rings (SSSR count). The first kappa shape index (κ1) is 24.4. The van der Waals surface area contributed by atoms with E-state index in [1.165, 1.54) is 0 Å². The highest BCUT2D eigenvalue weighted by Gasteiger charge is 2.35. The van der Waals surface area contributed by atoms with E-state index in [-0.39, 0.29) is 25.0 Å². The number of aromatic nitrogens is 2. The van der Waals surface area contributed by atoms with Crippen LogP contribution in [0, 0.1) is 17.3 Å². The Labute approximate surface area is 195 Å². The Kier molecular flexibility index (Phi) is 8.58. The van der Waals surface area contributed by atoms with Crippen LogP contribution in [-0.4, -0.2) is 42.1 Å². The number of allylic oxidation sites excluding steroid dienone is 1. The summed E-state index contributed by atoms with van der Waals surface area (Å²) in [6.45, 7) is 12.4. The minimum atomic E-state index is -0.690. The number of imidazole rings is 1. The lowest BCUT2D eigenvalue weighted by atomic mass is 9.82. The number of nitrogens with zero attached hydrogens (tertiary/aromatic N) is 3. The van der Waals surface area contributed by atoms with Gasteiger partial charge in [0.15, 0.2) is 6.29 Å². The largest absolute Gasteiger partial charge is 0.394 e. The highest BCUT2D eigenvalue weighted by Crippen LogP contribution is 2.36. The molecular weight excluding hydrogens is 418 g/mol. The van der Waals surface area contributed by atoms with Gasteiger partial charge in [-0.05, 0) is 45.2 Å². The third-order valence-electron chi connectivity index (χ3n) is 5.85. The zero-order chi connectivity index (χ0) is 23.7. The SMILES string of the molecule is C=C[C@@](C)(C#Cc1ccc(C=O)cc1)C(CON=C)n1ccnc1[C@H](C)OC1CCCCO1. The van der Waals surface area contributed by atoms with Gasteiger partial charge in [-0.1, -0.05) is 30.0 Å². The van der Waals surface area contributed by atoms with Gasteiger partial charge in [-0.3, -0.25) is 4.79 Å². The molecule has 33 heavy (non-hydrogen) atoms. The maximum absolute atomic E-state index is 10.9. The third kappa shape index (κ3) is 6.19. The van der Waals surface area contributed by atoms with Crippen LogP contribution in [0.3, 0.4) is 0 Å². The molecule has 4 atom stereocenters. The van der Waals surface area contributed by atoms with Crippen molar-refractivity contribution in [3.63, 3.8) is 0 Å². The van der Waals surface area contributed by atoms with Crippen molar-refractivity contribution in [3.8, 4) is 11.8 Å². The lowest BCUT2D eigenvalue weighted by Gasteiger charge is -2.33. The van der Waals surface area contributed by atoms with Crippen LogP contribution >= 0.6 is 0 Å². The van der Waals surface area contributed by atoms with Crippen molar-refractivity contribution in [2.45, 2.75) is 51.5 Å². The Hall–Kier alpha value is -3.21. The van der Waals surface area contributed by atoms with E-state index in [0.717, 1.165) is 36.9 Å². The normalized spacial score (nSPS) is 19.3. The summed E-state index contributed by atoms with van der Waals surface area (Å²) in [4.78, 5) is 20.9. The Balaban J connectivity index is 1.89. The fourth-order valence-corrected chi connectivity index (χ4v) is 3.80. The lowest BCUT2D eigenvalue weighted by molar-refractivity contribution is -0.188. The molecular formula is C26H31N3O4. The second-order valence-electron chi connectivity index (χ2n) is 8.18. The van der Waals surface area contributed by atoms with Gasteiger partial charge in [0.2, 0.25) is 0 Å². The lowest BCUT2D eigenvalue weighted by Crippen LogP contribution is -2.32. The standard InChI is InChI=1S/C26H31N3O4/c1-5-26(3,14-13-21-9-11-22(18-30)12-10-21)23(19-32-27-4)29-16-15-28-25(29)20(2)33-24-8-6-7-17-31-24/h5,9-12,15-16,18,20,23-24H,1,4,6-8,17,19H2,2-3H3/t20-,23?,24?,26-/m0/s1. The van der Waals surface area contributed by atoms with Crippen LogP contribution in [0.25, 0.3) is 0 Å². The summed E-state index contributed by atoms with van der Waals surface area (Å²) in [5.41, 5.74) is 0.714. The summed E-state index contributed by atoms with van der Waals surface area (Å²) in [7, 11) is 0. The van der Waals surface area contributed by atoms with Gasteiger partial charge in [0.25, 0.3) is 0 Å². The number of benzene rings is 1. The van der Waals surface area contributed by atoms with Crippen molar-refractivity contribution in [2.24, 2.45) is 10.6 Å². The van der Waals surface area contributed by atoms with Crippen LogP contribution in [0.15, 0.2) is 54.5 Å². The Bertz CT molecular complexity index is 999. The van der Waals surface area contributed by atoms with E-state index in [2.05, 4.69) is 35.3 Å². The van der Waals surface area contributed by atoms with Gasteiger partial charge in [0, 0.05) is 36.8 Å². The van der Waals surface area contributed by atoms with E-state index >= 15 is 0 Å². The second kappa shape index (κ2) is 11.6. The molecule has 1 aromatic heterocycles. The number of hydrogen-bond acceptors (Lipinski definition) is 6. The maximum atomic E-state index is 10.9. The van der Waals surface area contributed by atoms with Gasteiger partial charge in [-0.25, -0.2) is 4.98 Å². The van der Waals surface area contributed by atoms with Gasteiger partial charge in [0.05, 0.1) is 11.5 Å². The summed E-state index contributed by atoms with van der Waals surface area (Å²) in [5.74, 6) is 7.27. The summed E-state index contributed by atoms with van der Waals surface area (Å²) in [6, 6.07) is 6.83. The summed E-state index contributed by atoms with van der Waals surface area (Å²) < 4.78 is 13.9. The molecule has 2 heterocycles. The van der Waals surface area contributed by atoms with E-state index in [4.69, 9.17) is 14.3 Å². The number of oxime groups is 1. The topological polar surface area (TPSA) is 74.9 Å². The molecule has 0 N–H and O–H groups in total. The van der Waals surface area contributed by atoms with E-state index in [1.807, 2.05) is 36.7 Å². The smallest absolute Gasteiger partial charge is 0.158 e. The van der Waals surface area contributed by atoms with Crippen molar-refractivity contribution >= 4 is 13.0 Å². The van der Waals surface area contributed by atoms with Crippen molar-refractivity contribution in [3.05, 3.63) is 66.3 Å². The molecule has 7 heteroatoms. The minimum absolute atomic E-state index is 0.223. The predicted octanol–water partition coefficient (Wildman–Crippen LogP) is 4.72. The maximum Gasteiger partial charge on any atom is 0.158 e. The molecule has 2 aromatic rings. The third-order valence-corrected chi connectivity index (χ3v) is 5.85. The van der Waals surface area contributed by atoms with E-state index in [1.54, 1.807) is 24.4 Å². The molecule has 1 fully saturated rings. The zero-order valence-corrected chi connectivity index (χ0v) is 19.3. The number of carbonyl (C=O) groups is 1. The summed E-state index contributed by atoms with van der Waals surface area (Å²) in [6.07, 6.45) is 8.73. The van der Waals surface area contributed by atoms with Crippen molar-refractivity contribution < 1.29 is 19.1 Å². The molecule has 1 aromatic carbocycles. The van der Waals surface area contributed by atoms with E-state index in [9.17, 15) is 4.79 Å². The van der Waals surface area contributed by atoms with Crippen LogP contribution < -0.4 is 0 Å². The Morgan fingerprint density at radius 2 is 2.18 bits per heavy atom. The molecule has 0 saturated carbocycles. The van der Waals surface area contributed by atoms with Crippen molar-refractivity contribution in [1.82, 2.24) is 9.55 Å². The quantitative estimate of drug-likeness (QED) is 0.173. The molecule has 174 valence electrons. The fraction of sp³-hybridized carbons (Fsp3) is 0.423. The fourth-order valence-electron chi connectivity index (χ4n) is 3.80. The average Bonchev–Trinajstić information content (AvgIpc) is 3.33. The van der Waals surface area contributed by atoms with Crippen molar-refractivity contribution in [2.75, 3.05) is 13.2 Å². The Morgan fingerprint density at radius 3 is 2.82 bits per heavy atom. The van der Waals surface area contributed by atoms with Crippen LogP contribution in [0.2, 0.25) is 0 Å². The first-order chi connectivity index (χ1) is 16.0. The van der Waals surface area contributed by atoms with Gasteiger partial charge in [0.1, 0.15) is 24.8 Å². The van der Waals surface area contributed by atoms with Crippen LogP contribution in [-0.2, 0) is 14.3 Å². The molecule has 1 saturated heterocycles. The number of hydrogen-bond donors (Lipinski definition) is 0. The van der Waals surface area contributed by atoms with Gasteiger partial charge < -0.3 is 18.9 Å². The highest BCUT2D eigenvalue weighted by molar-refractivity contribution is 5.74. The van der Waals surface area contributed by atoms with Gasteiger partial charge in [-0.15, -0.1) is 11.7 Å². The molecule has 0 amide bonds. The molecule has 2 unspecified atom stereocenters. The molecule has 0 radical (unpaired) electrons. The number of aldehydes is 1. The number of rotatable bonds is 10. The molecule has 0 bridgehead atoms. The minimum Gasteiger partial charge on any atom is -0.394 e. The van der Waals surface area contributed by atoms with E-state index < -0.39 is 5.41 Å². The van der Waals surface area contributed by atoms with Crippen LogP contribution in [0.4, 0.5) is 0 Å². The first-order valence-electron chi connectivity index (χ1n) is 11.1. The summed E-state index contributed by atoms with van der Waals surface area (Å²) in [5, 5.41) is 3.59. The average molecular weight is 450 g/mol. The van der Waals surface area contributed by atoms with Gasteiger partial charge >= 0.3 is 0 Å². The predicted molar refractivity (Wildman–Crippen MR) is 127 cm³/mol. The highest BCUT2D eigenvalue weighted by atomic mass is 16.7. The molecule has 7 nitrogen and oxygen atoms in total. The molecule has 1 aliphatic heterocycles. The number of carbonyl (C=O) groups excluding carboxylic acids is 1. The molecule has 1 aliphatic rings. The Morgan fingerprint density at radius 1 is 1.39 bits per heavy atom. The monoisotopic (exact) mass is 449 g/mol. The van der Waals surface area contributed by atoms with Crippen molar-refractivity contribution in [1.29, 1.82) is 0 Å². The van der Waals surface area contributed by atoms with Gasteiger partial charge in [-0.2, -0.15) is 0 Å². The zero-order valence-electron chi connectivity index (χ0n) is 19.3. The summed E-state index contributed by atoms with van der Waals surface area (Å²) >= 11 is 0. The second-order valence-corrected chi connectivity index (χ2v) is 8.18.